The molecule has 0 atom stereocenters. The standard InChI is InChI=1S/C16H13N3OS.C16H14N2OS2.C15H13N3OS2.C15H12N2OS2.C14H11N3OS2.C13H9N3OS2/c20-16(19-9-11-4-6-17-7-5-11)13-8-12-2-1-3-14(21)15(12)18-10-13;19-16(17-7-6-13-4-2-8-21-13)12-9-11-3-1-5-14(20)15(11)18-10-12;19-15(17-5-4-13-16-6-7-21-13)11-8-10-2-1-3-12(20)14(10)18-9-11;18-15(17-9-12-4-2-6-20-12)11-7-10-3-1-5-13(19)14(10)16-8-11;18-14(17-8-12-15-4-5-20-12)10-6-9-2-1-3-11(19)13(9)16-7-10;17-12(16-13-14-4-5-19-13)9-6-8-2-1-3-10(18)11(8)15-7-9/h1-8,10,21H,9H2,(H,19,20);1-5,8-10,20H,6-7H2,(H,17,19);1-3,6-9,20H,4-5H2,(H,17,19);1-8,19H,9H2,(H,17,18);1-7,19H,8H2,(H,17,18);1-7,18H,(H,14,16,17). The molecular formula is C89H72N16O6S11. The van der Waals surface area contributed by atoms with E-state index in [1.165, 1.54) is 27.6 Å². The highest BCUT2D eigenvalue weighted by molar-refractivity contribution is 7.81. The summed E-state index contributed by atoms with van der Waals surface area (Å²) in [5, 5.41) is 34.7. The van der Waals surface area contributed by atoms with Gasteiger partial charge in [0.25, 0.3) is 35.4 Å². The van der Waals surface area contributed by atoms with E-state index in [4.69, 9.17) is 0 Å². The van der Waals surface area contributed by atoms with Gasteiger partial charge in [-0.05, 0) is 120 Å². The van der Waals surface area contributed by atoms with Crippen LogP contribution in [0, 0.1) is 0 Å². The molecular weight excluding hydrogens is 1740 g/mol. The van der Waals surface area contributed by atoms with Crippen molar-refractivity contribution in [3.8, 4) is 0 Å². The third kappa shape index (κ3) is 24.7. The molecule has 0 spiro atoms. The lowest BCUT2D eigenvalue weighted by molar-refractivity contribution is 0.0942. The zero-order chi connectivity index (χ0) is 85.1. The van der Waals surface area contributed by atoms with E-state index in [9.17, 15) is 28.8 Å². The van der Waals surface area contributed by atoms with Crippen molar-refractivity contribution in [1.29, 1.82) is 0 Å². The summed E-state index contributed by atoms with van der Waals surface area (Å²) >= 11 is 33.9. The summed E-state index contributed by atoms with van der Waals surface area (Å²) in [6.45, 7) is 2.63. The van der Waals surface area contributed by atoms with Crippen LogP contribution in [0.1, 0.15) is 87.5 Å². The van der Waals surface area contributed by atoms with Gasteiger partial charge in [-0.25, -0.2) is 15.0 Å². The van der Waals surface area contributed by atoms with Gasteiger partial charge in [-0.1, -0.05) is 84.9 Å². The molecule has 22 nitrogen and oxygen atoms in total. The Morgan fingerprint density at radius 2 is 0.607 bits per heavy atom. The van der Waals surface area contributed by atoms with Crippen molar-refractivity contribution in [2.24, 2.45) is 0 Å². The molecule has 6 amide bonds. The lowest BCUT2D eigenvalue weighted by Crippen LogP contribution is -2.25. The molecule has 0 fully saturated rings. The van der Waals surface area contributed by atoms with Gasteiger partial charge in [-0.15, -0.1) is 132 Å². The number of thiol groups is 6. The number of benzene rings is 6. The molecule has 0 saturated heterocycles. The molecule has 33 heteroatoms. The summed E-state index contributed by atoms with van der Waals surface area (Å²) in [5.41, 5.74) is 9.09. The van der Waals surface area contributed by atoms with Crippen LogP contribution in [0.15, 0.2) is 306 Å². The van der Waals surface area contributed by atoms with Crippen molar-refractivity contribution in [2.75, 3.05) is 18.4 Å². The van der Waals surface area contributed by atoms with Crippen molar-refractivity contribution in [3.63, 3.8) is 0 Å². The molecule has 0 radical (unpaired) electrons. The van der Waals surface area contributed by atoms with Crippen LogP contribution in [-0.4, -0.2) is 98.4 Å². The quantitative estimate of drug-likeness (QED) is 0.0335. The smallest absolute Gasteiger partial charge is 0.259 e. The minimum atomic E-state index is -0.214. The first-order valence-corrected chi connectivity index (χ1v) is 44.3. The number of para-hydroxylation sites is 6. The van der Waals surface area contributed by atoms with Crippen LogP contribution < -0.4 is 31.9 Å². The normalized spacial score (nSPS) is 10.6. The molecule has 0 aliphatic heterocycles. The monoisotopic (exact) mass is 1810 g/mol. The second-order valence-electron chi connectivity index (χ2n) is 26.2. The Labute approximate surface area is 753 Å². The summed E-state index contributed by atoms with van der Waals surface area (Å²) in [6.07, 6.45) is 19.6. The minimum Gasteiger partial charge on any atom is -0.352 e. The number of carbonyl (C=O) groups excluding carboxylic acids is 6. The third-order valence-corrected chi connectivity index (χ3v) is 24.1. The van der Waals surface area contributed by atoms with Gasteiger partial charge < -0.3 is 26.6 Å². The average molecular weight is 1810 g/mol. The summed E-state index contributed by atoms with van der Waals surface area (Å²) in [5.74, 6) is -0.840. The number of aromatic nitrogens is 10. The number of hydrogen-bond acceptors (Lipinski definition) is 27. The van der Waals surface area contributed by atoms with E-state index in [1.807, 2.05) is 191 Å². The minimum absolute atomic E-state index is 0.0921. The Bertz CT molecular complexity index is 6380. The van der Waals surface area contributed by atoms with Crippen LogP contribution in [0.3, 0.4) is 0 Å². The van der Waals surface area contributed by atoms with Crippen molar-refractivity contribution in [3.05, 3.63) is 336 Å². The second kappa shape index (κ2) is 44.1. The maximum atomic E-state index is 12.2. The predicted octanol–water partition coefficient (Wildman–Crippen LogP) is 19.0. The molecule has 6 aromatic carbocycles. The fourth-order valence-corrected chi connectivity index (χ4v) is 16.4. The molecule has 0 saturated carbocycles. The van der Waals surface area contributed by atoms with Gasteiger partial charge in [0, 0.05) is 182 Å². The highest BCUT2D eigenvalue weighted by atomic mass is 32.1. The zero-order valence-electron chi connectivity index (χ0n) is 64.2. The largest absolute Gasteiger partial charge is 0.352 e. The molecule has 12 heterocycles. The van der Waals surface area contributed by atoms with Gasteiger partial charge in [0.15, 0.2) is 5.13 Å². The molecule has 0 aliphatic rings. The number of hydrogen-bond donors (Lipinski definition) is 12. The molecule has 18 aromatic rings. The Morgan fingerprint density at radius 1 is 0.279 bits per heavy atom. The number of rotatable bonds is 19. The Morgan fingerprint density at radius 3 is 0.959 bits per heavy atom. The molecule has 0 bridgehead atoms. The second-order valence-corrected chi connectivity index (χ2v) is 34.0. The third-order valence-electron chi connectivity index (χ3n) is 17.8. The van der Waals surface area contributed by atoms with Crippen LogP contribution in [0.5, 0.6) is 0 Å². The lowest BCUT2D eigenvalue weighted by atomic mass is 10.1. The summed E-state index contributed by atoms with van der Waals surface area (Å²) in [6, 6.07) is 56.9. The summed E-state index contributed by atoms with van der Waals surface area (Å²) in [7, 11) is 0. The van der Waals surface area contributed by atoms with E-state index in [0.717, 1.165) is 128 Å². The van der Waals surface area contributed by atoms with Crippen molar-refractivity contribution < 1.29 is 28.8 Å². The maximum Gasteiger partial charge on any atom is 0.259 e. The van der Waals surface area contributed by atoms with Gasteiger partial charge in [0.1, 0.15) is 5.01 Å². The van der Waals surface area contributed by atoms with Gasteiger partial charge in [-0.2, -0.15) is 0 Å². The molecule has 6 N–H and O–H groups in total. The fourth-order valence-electron chi connectivity index (χ4n) is 11.8. The highest BCUT2D eigenvalue weighted by Crippen LogP contribution is 2.28. The number of amides is 6. The highest BCUT2D eigenvalue weighted by Gasteiger charge is 2.16. The van der Waals surface area contributed by atoms with Gasteiger partial charge in [-0.3, -0.25) is 69.0 Å². The van der Waals surface area contributed by atoms with Crippen LogP contribution in [-0.2, 0) is 32.5 Å². The number of thiophene rings is 2. The van der Waals surface area contributed by atoms with Crippen molar-refractivity contribution in [1.82, 2.24) is 76.4 Å². The Balaban J connectivity index is 0.000000126. The topological polar surface area (TPSA) is 303 Å². The Hall–Kier alpha value is -11.9. The molecule has 18 rings (SSSR count). The maximum absolute atomic E-state index is 12.2. The number of nitrogens with zero attached hydrogens (tertiary/aromatic N) is 10. The number of anilines is 1. The number of pyridine rings is 7. The fraction of sp³-hybridized carbons (Fsp3) is 0.0787. The SMILES string of the molecule is O=C(NCCc1cccs1)c1cnc2c(S)cccc2c1.O=C(NCCc1nccs1)c1cnc2c(S)cccc2c1.O=C(NCc1cccs1)c1cnc2c(S)cccc2c1.O=C(NCc1ccncc1)c1cnc2c(S)cccc2c1.O=C(NCc1nccs1)c1cnc2c(S)cccc2c1.O=C(Nc1nccs1)c1cnc2c(S)cccc2c1. The van der Waals surface area contributed by atoms with Crippen LogP contribution in [0.2, 0.25) is 0 Å². The summed E-state index contributed by atoms with van der Waals surface area (Å²) < 4.78 is 0. The number of thiazole rings is 3. The molecule has 0 unspecified atom stereocenters. The van der Waals surface area contributed by atoms with Gasteiger partial charge in [0.2, 0.25) is 0 Å². The number of nitrogens with one attached hydrogen (secondary N) is 6. The van der Waals surface area contributed by atoms with Crippen LogP contribution in [0.4, 0.5) is 5.13 Å². The number of carbonyl (C=O) groups is 6. The van der Waals surface area contributed by atoms with Gasteiger partial charge >= 0.3 is 0 Å². The molecule has 12 aromatic heterocycles. The first kappa shape index (κ1) is 87.9. The lowest BCUT2D eigenvalue weighted by Gasteiger charge is -2.06. The first-order chi connectivity index (χ1) is 59.4. The van der Waals surface area contributed by atoms with E-state index in [-0.39, 0.29) is 35.4 Å². The molecule has 122 heavy (non-hydrogen) atoms. The number of fused-ring (bicyclic) bond motifs is 6. The van der Waals surface area contributed by atoms with Crippen molar-refractivity contribution >= 4 is 238 Å². The molecule has 610 valence electrons. The van der Waals surface area contributed by atoms with E-state index >= 15 is 0 Å². The first-order valence-electron chi connectivity index (χ1n) is 37.2. The van der Waals surface area contributed by atoms with E-state index in [1.54, 1.807) is 114 Å². The van der Waals surface area contributed by atoms with E-state index < -0.39 is 0 Å². The van der Waals surface area contributed by atoms with Crippen LogP contribution >= 0.6 is 132 Å². The van der Waals surface area contributed by atoms with Crippen molar-refractivity contribution in [2.45, 2.75) is 61.8 Å². The predicted molar refractivity (Wildman–Crippen MR) is 507 cm³/mol. The summed E-state index contributed by atoms with van der Waals surface area (Å²) in [4.78, 5) is 122. The zero-order valence-corrected chi connectivity index (χ0v) is 73.6. The van der Waals surface area contributed by atoms with E-state index in [2.05, 4.69) is 164 Å². The van der Waals surface area contributed by atoms with Crippen LogP contribution in [0.25, 0.3) is 65.4 Å². The van der Waals surface area contributed by atoms with Gasteiger partial charge in [0.05, 0.1) is 84.6 Å². The van der Waals surface area contributed by atoms with E-state index in [0.29, 0.717) is 71.2 Å². The average Bonchev–Trinajstić information content (AvgIpc) is 1.08. The molecule has 0 aliphatic carbocycles. The Kier molecular flexibility index (Phi) is 31.8.